The van der Waals surface area contributed by atoms with Crippen molar-refractivity contribution in [2.75, 3.05) is 47.5 Å². The quantitative estimate of drug-likeness (QED) is 0.634. The summed E-state index contributed by atoms with van der Waals surface area (Å²) in [5.74, 6) is 0.287. The molecule has 28 heavy (non-hydrogen) atoms. The maximum absolute atomic E-state index is 12.4. The summed E-state index contributed by atoms with van der Waals surface area (Å²) in [5, 5.41) is 15.4. The number of aromatic nitrogens is 2. The van der Waals surface area contributed by atoms with Gasteiger partial charge in [0, 0.05) is 26.2 Å². The van der Waals surface area contributed by atoms with Crippen LogP contribution in [0.1, 0.15) is 25.7 Å². The highest BCUT2D eigenvalue weighted by atomic mass is 32.2. The van der Waals surface area contributed by atoms with Crippen LogP contribution in [-0.4, -0.2) is 54.2 Å². The van der Waals surface area contributed by atoms with Crippen molar-refractivity contribution in [3.8, 4) is 0 Å². The SMILES string of the molecule is O=C(CSc1nnc(NC[C@H]2CCCO2)s1)Nc1ccccc1N1CCCC1. The van der Waals surface area contributed by atoms with Gasteiger partial charge in [-0.15, -0.1) is 10.2 Å². The maximum Gasteiger partial charge on any atom is 0.234 e. The number of thioether (sulfide) groups is 1. The minimum absolute atomic E-state index is 0.0271. The number of ether oxygens (including phenoxy) is 1. The minimum Gasteiger partial charge on any atom is -0.376 e. The van der Waals surface area contributed by atoms with E-state index in [-0.39, 0.29) is 12.0 Å². The standard InChI is InChI=1S/C19H25N5O2S2/c25-17(21-15-7-1-2-8-16(15)24-9-3-4-10-24)13-27-19-23-22-18(28-19)20-12-14-6-5-11-26-14/h1-2,7-8,14H,3-6,9-13H2,(H,20,22)(H,21,25)/t14-/m1/s1. The zero-order chi connectivity index (χ0) is 19.2. The molecule has 2 saturated heterocycles. The Balaban J connectivity index is 1.26. The van der Waals surface area contributed by atoms with E-state index < -0.39 is 0 Å². The number of hydrogen-bond donors (Lipinski definition) is 2. The predicted molar refractivity (Wildman–Crippen MR) is 115 cm³/mol. The molecule has 1 amide bonds. The predicted octanol–water partition coefficient (Wildman–Crippen LogP) is 3.46. The van der Waals surface area contributed by atoms with E-state index in [1.807, 2.05) is 18.2 Å². The van der Waals surface area contributed by atoms with Crippen molar-refractivity contribution in [2.24, 2.45) is 0 Å². The van der Waals surface area contributed by atoms with E-state index in [2.05, 4.69) is 31.8 Å². The van der Waals surface area contributed by atoms with E-state index >= 15 is 0 Å². The third-order valence-electron chi connectivity index (χ3n) is 4.86. The molecule has 7 nitrogen and oxygen atoms in total. The first-order chi connectivity index (χ1) is 13.8. The van der Waals surface area contributed by atoms with E-state index in [4.69, 9.17) is 4.74 Å². The molecule has 0 saturated carbocycles. The van der Waals surface area contributed by atoms with Gasteiger partial charge in [-0.3, -0.25) is 4.79 Å². The Morgan fingerprint density at radius 2 is 2.11 bits per heavy atom. The molecule has 0 bridgehead atoms. The van der Waals surface area contributed by atoms with Crippen LogP contribution in [0.15, 0.2) is 28.6 Å². The normalized spacial score (nSPS) is 19.1. The molecule has 0 radical (unpaired) electrons. The van der Waals surface area contributed by atoms with Crippen molar-refractivity contribution in [3.63, 3.8) is 0 Å². The topological polar surface area (TPSA) is 79.4 Å². The lowest BCUT2D eigenvalue weighted by Gasteiger charge is -2.21. The van der Waals surface area contributed by atoms with Crippen LogP contribution in [-0.2, 0) is 9.53 Å². The van der Waals surface area contributed by atoms with Gasteiger partial charge in [-0.1, -0.05) is 35.2 Å². The second kappa shape index (κ2) is 9.58. The number of anilines is 3. The van der Waals surface area contributed by atoms with Gasteiger partial charge in [0.2, 0.25) is 11.0 Å². The fourth-order valence-corrected chi connectivity index (χ4v) is 5.03. The second-order valence-electron chi connectivity index (χ2n) is 6.94. The van der Waals surface area contributed by atoms with Crippen molar-refractivity contribution in [1.82, 2.24) is 10.2 Å². The Hall–Kier alpha value is -1.84. The summed E-state index contributed by atoms with van der Waals surface area (Å²) >= 11 is 2.89. The van der Waals surface area contributed by atoms with Crippen molar-refractivity contribution in [3.05, 3.63) is 24.3 Å². The smallest absolute Gasteiger partial charge is 0.234 e. The maximum atomic E-state index is 12.4. The van der Waals surface area contributed by atoms with Crippen molar-refractivity contribution < 1.29 is 9.53 Å². The molecule has 9 heteroatoms. The number of amides is 1. The number of hydrogen-bond acceptors (Lipinski definition) is 8. The van der Waals surface area contributed by atoms with Gasteiger partial charge < -0.3 is 20.3 Å². The van der Waals surface area contributed by atoms with Crippen LogP contribution < -0.4 is 15.5 Å². The zero-order valence-corrected chi connectivity index (χ0v) is 17.4. The fraction of sp³-hybridized carbons (Fsp3) is 0.526. The molecule has 0 spiro atoms. The summed E-state index contributed by atoms with van der Waals surface area (Å²) in [7, 11) is 0. The summed E-state index contributed by atoms with van der Waals surface area (Å²) in [6.07, 6.45) is 4.89. The molecule has 2 fully saturated rings. The van der Waals surface area contributed by atoms with Gasteiger partial charge in [0.1, 0.15) is 0 Å². The molecule has 2 aliphatic heterocycles. The molecular weight excluding hydrogens is 394 g/mol. The lowest BCUT2D eigenvalue weighted by Crippen LogP contribution is -2.21. The van der Waals surface area contributed by atoms with Gasteiger partial charge in [0.15, 0.2) is 4.34 Å². The van der Waals surface area contributed by atoms with Crippen LogP contribution in [0, 0.1) is 0 Å². The van der Waals surface area contributed by atoms with Gasteiger partial charge in [-0.25, -0.2) is 0 Å². The molecule has 4 rings (SSSR count). The number of para-hydroxylation sites is 2. The number of benzene rings is 1. The molecule has 2 aliphatic rings. The Kier molecular flexibility index (Phi) is 6.66. The second-order valence-corrected chi connectivity index (χ2v) is 9.14. The Bertz CT molecular complexity index is 788. The lowest BCUT2D eigenvalue weighted by atomic mass is 10.2. The van der Waals surface area contributed by atoms with Gasteiger partial charge in [-0.05, 0) is 37.8 Å². The summed E-state index contributed by atoms with van der Waals surface area (Å²) in [6.45, 7) is 3.70. The molecule has 1 atom stereocenters. The van der Waals surface area contributed by atoms with Crippen LogP contribution in [0.25, 0.3) is 0 Å². The van der Waals surface area contributed by atoms with E-state index in [0.717, 1.165) is 59.9 Å². The van der Waals surface area contributed by atoms with Gasteiger partial charge in [0.25, 0.3) is 0 Å². The summed E-state index contributed by atoms with van der Waals surface area (Å²) < 4.78 is 6.39. The van der Waals surface area contributed by atoms with Gasteiger partial charge in [0.05, 0.1) is 23.2 Å². The number of nitrogens with one attached hydrogen (secondary N) is 2. The molecule has 150 valence electrons. The Morgan fingerprint density at radius 1 is 1.25 bits per heavy atom. The van der Waals surface area contributed by atoms with Gasteiger partial charge in [-0.2, -0.15) is 0 Å². The molecular formula is C19H25N5O2S2. The molecule has 0 aliphatic carbocycles. The Labute approximate surface area is 173 Å². The summed E-state index contributed by atoms with van der Waals surface area (Å²) in [5.41, 5.74) is 1.99. The van der Waals surface area contributed by atoms with Crippen LogP contribution in [0.4, 0.5) is 16.5 Å². The first-order valence-electron chi connectivity index (χ1n) is 9.73. The van der Waals surface area contributed by atoms with Gasteiger partial charge >= 0.3 is 0 Å². The van der Waals surface area contributed by atoms with Crippen molar-refractivity contribution >= 4 is 45.5 Å². The summed E-state index contributed by atoms with van der Waals surface area (Å²) in [6, 6.07) is 8.02. The van der Waals surface area contributed by atoms with Crippen LogP contribution in [0.5, 0.6) is 0 Å². The highest BCUT2D eigenvalue weighted by molar-refractivity contribution is 8.01. The van der Waals surface area contributed by atoms with Crippen molar-refractivity contribution in [2.45, 2.75) is 36.1 Å². The van der Waals surface area contributed by atoms with E-state index in [0.29, 0.717) is 5.75 Å². The van der Waals surface area contributed by atoms with E-state index in [9.17, 15) is 4.79 Å². The largest absolute Gasteiger partial charge is 0.376 e. The zero-order valence-electron chi connectivity index (χ0n) is 15.7. The third kappa shape index (κ3) is 5.15. The Morgan fingerprint density at radius 3 is 2.93 bits per heavy atom. The molecule has 2 N–H and O–H groups in total. The average molecular weight is 420 g/mol. The highest BCUT2D eigenvalue weighted by Crippen LogP contribution is 2.30. The summed E-state index contributed by atoms with van der Waals surface area (Å²) in [4.78, 5) is 14.8. The first kappa shape index (κ1) is 19.5. The molecule has 1 aromatic heterocycles. The average Bonchev–Trinajstić information content (AvgIpc) is 3.48. The first-order valence-corrected chi connectivity index (χ1v) is 11.5. The fourth-order valence-electron chi connectivity index (χ4n) is 3.47. The van der Waals surface area contributed by atoms with E-state index in [1.165, 1.54) is 35.9 Å². The molecule has 1 aromatic carbocycles. The number of nitrogens with zero attached hydrogens (tertiary/aromatic N) is 3. The molecule has 3 heterocycles. The number of rotatable bonds is 8. The lowest BCUT2D eigenvalue weighted by molar-refractivity contribution is -0.113. The van der Waals surface area contributed by atoms with Crippen LogP contribution in [0.2, 0.25) is 0 Å². The minimum atomic E-state index is -0.0271. The molecule has 0 unspecified atom stereocenters. The monoisotopic (exact) mass is 419 g/mol. The number of carbonyl (C=O) groups is 1. The molecule has 2 aromatic rings. The van der Waals surface area contributed by atoms with E-state index in [1.54, 1.807) is 0 Å². The highest BCUT2D eigenvalue weighted by Gasteiger charge is 2.18. The third-order valence-corrected chi connectivity index (χ3v) is 6.88. The van der Waals surface area contributed by atoms with Crippen LogP contribution >= 0.6 is 23.1 Å². The van der Waals surface area contributed by atoms with Crippen molar-refractivity contribution in [1.29, 1.82) is 0 Å². The number of carbonyl (C=O) groups excluding carboxylic acids is 1. The van der Waals surface area contributed by atoms with Crippen LogP contribution in [0.3, 0.4) is 0 Å².